The molecule has 0 radical (unpaired) electrons. The van der Waals surface area contributed by atoms with Crippen molar-refractivity contribution in [1.29, 1.82) is 0 Å². The summed E-state index contributed by atoms with van der Waals surface area (Å²) in [5, 5.41) is 9.06. The van der Waals surface area contributed by atoms with E-state index in [1.807, 2.05) is 0 Å². The maximum atomic E-state index is 13.4. The van der Waals surface area contributed by atoms with E-state index in [1.54, 1.807) is 12.1 Å². The number of ether oxygens (including phenoxy) is 1. The average molecular weight is 224 g/mol. The van der Waals surface area contributed by atoms with Crippen molar-refractivity contribution >= 4 is 5.97 Å². The molecule has 1 aliphatic rings. The SMILES string of the molecule is COc1c(F)cccc1CC1(C(=O)O)CC1. The summed E-state index contributed by atoms with van der Waals surface area (Å²) in [6.45, 7) is 0. The van der Waals surface area contributed by atoms with Crippen LogP contribution in [0.5, 0.6) is 5.75 Å². The first-order valence-electron chi connectivity index (χ1n) is 5.14. The van der Waals surface area contributed by atoms with E-state index in [9.17, 15) is 9.18 Å². The molecule has 0 bridgehead atoms. The van der Waals surface area contributed by atoms with Gasteiger partial charge in [-0.3, -0.25) is 4.79 Å². The largest absolute Gasteiger partial charge is 0.493 e. The average Bonchev–Trinajstić information content (AvgIpc) is 2.99. The van der Waals surface area contributed by atoms with Crippen molar-refractivity contribution < 1.29 is 19.0 Å². The zero-order valence-electron chi connectivity index (χ0n) is 9.00. The van der Waals surface area contributed by atoms with Gasteiger partial charge in [-0.2, -0.15) is 0 Å². The fourth-order valence-electron chi connectivity index (χ4n) is 1.90. The minimum absolute atomic E-state index is 0.162. The number of halogens is 1. The number of carboxylic acids is 1. The Bertz CT molecular complexity index is 424. The number of hydrogen-bond acceptors (Lipinski definition) is 2. The van der Waals surface area contributed by atoms with Crippen LogP contribution in [0.25, 0.3) is 0 Å². The summed E-state index contributed by atoms with van der Waals surface area (Å²) in [5.74, 6) is -1.09. The highest BCUT2D eigenvalue weighted by Gasteiger charge is 2.50. The van der Waals surface area contributed by atoms with Gasteiger partial charge in [0.25, 0.3) is 0 Å². The Labute approximate surface area is 92.9 Å². The molecule has 0 atom stereocenters. The molecule has 0 amide bonds. The summed E-state index contributed by atoms with van der Waals surface area (Å²) in [6, 6.07) is 4.60. The minimum atomic E-state index is -0.807. The van der Waals surface area contributed by atoms with Crippen LogP contribution in [0.3, 0.4) is 0 Å². The van der Waals surface area contributed by atoms with Gasteiger partial charge in [0.2, 0.25) is 0 Å². The van der Waals surface area contributed by atoms with E-state index >= 15 is 0 Å². The van der Waals surface area contributed by atoms with Gasteiger partial charge in [0.15, 0.2) is 11.6 Å². The van der Waals surface area contributed by atoms with Crippen molar-refractivity contribution in [2.24, 2.45) is 5.41 Å². The Morgan fingerprint density at radius 1 is 1.56 bits per heavy atom. The van der Waals surface area contributed by atoms with Gasteiger partial charge in [0, 0.05) is 0 Å². The fourth-order valence-corrected chi connectivity index (χ4v) is 1.90. The maximum Gasteiger partial charge on any atom is 0.309 e. The molecule has 2 rings (SSSR count). The zero-order chi connectivity index (χ0) is 11.8. The van der Waals surface area contributed by atoms with Crippen LogP contribution in [0.2, 0.25) is 0 Å². The third kappa shape index (κ3) is 1.75. The molecule has 4 heteroatoms. The Hall–Kier alpha value is -1.58. The first-order chi connectivity index (χ1) is 7.59. The van der Waals surface area contributed by atoms with Crippen molar-refractivity contribution in [3.63, 3.8) is 0 Å². The first kappa shape index (κ1) is 10.9. The molecule has 0 spiro atoms. The molecule has 1 aromatic carbocycles. The van der Waals surface area contributed by atoms with E-state index in [1.165, 1.54) is 13.2 Å². The topological polar surface area (TPSA) is 46.5 Å². The number of para-hydroxylation sites is 1. The Kier molecular flexibility index (Phi) is 2.58. The summed E-state index contributed by atoms with van der Waals surface area (Å²) >= 11 is 0. The van der Waals surface area contributed by atoms with Gasteiger partial charge in [-0.25, -0.2) is 4.39 Å². The Morgan fingerprint density at radius 3 is 2.75 bits per heavy atom. The lowest BCUT2D eigenvalue weighted by Gasteiger charge is -2.13. The maximum absolute atomic E-state index is 13.4. The second-order valence-corrected chi connectivity index (χ2v) is 4.19. The van der Waals surface area contributed by atoms with Crippen LogP contribution in [0.1, 0.15) is 18.4 Å². The van der Waals surface area contributed by atoms with Crippen LogP contribution < -0.4 is 4.74 Å². The standard InChI is InChI=1S/C12H13FO3/c1-16-10-8(3-2-4-9(10)13)7-12(5-6-12)11(14)15/h2-4H,5-7H2,1H3,(H,14,15). The van der Waals surface area contributed by atoms with E-state index < -0.39 is 17.2 Å². The van der Waals surface area contributed by atoms with Crippen molar-refractivity contribution in [3.05, 3.63) is 29.6 Å². The molecule has 86 valence electrons. The highest BCUT2D eigenvalue weighted by Crippen LogP contribution is 2.49. The van der Waals surface area contributed by atoms with Gasteiger partial charge >= 0.3 is 5.97 Å². The summed E-state index contributed by atoms with van der Waals surface area (Å²) in [5.41, 5.74) is -0.0662. The number of methoxy groups -OCH3 is 1. The predicted molar refractivity (Wildman–Crippen MR) is 56.0 cm³/mol. The Balaban J connectivity index is 2.28. The third-order valence-electron chi connectivity index (χ3n) is 3.09. The van der Waals surface area contributed by atoms with E-state index in [4.69, 9.17) is 9.84 Å². The molecule has 0 saturated heterocycles. The van der Waals surface area contributed by atoms with E-state index in [-0.39, 0.29) is 5.75 Å². The van der Waals surface area contributed by atoms with E-state index in [2.05, 4.69) is 0 Å². The molecule has 1 aromatic rings. The fraction of sp³-hybridized carbons (Fsp3) is 0.417. The van der Waals surface area contributed by atoms with Gasteiger partial charge < -0.3 is 9.84 Å². The smallest absolute Gasteiger partial charge is 0.309 e. The number of benzene rings is 1. The monoisotopic (exact) mass is 224 g/mol. The number of rotatable bonds is 4. The summed E-state index contributed by atoms with van der Waals surface area (Å²) in [7, 11) is 1.39. The van der Waals surface area contributed by atoms with Crippen LogP contribution in [0, 0.1) is 11.2 Å². The van der Waals surface area contributed by atoms with Crippen LogP contribution in [0.15, 0.2) is 18.2 Å². The van der Waals surface area contributed by atoms with Crippen LogP contribution in [0.4, 0.5) is 4.39 Å². The molecule has 1 fully saturated rings. The van der Waals surface area contributed by atoms with Crippen molar-refractivity contribution in [2.45, 2.75) is 19.3 Å². The highest BCUT2D eigenvalue weighted by atomic mass is 19.1. The number of hydrogen-bond donors (Lipinski definition) is 1. The van der Waals surface area contributed by atoms with Gasteiger partial charge in [0.05, 0.1) is 12.5 Å². The highest BCUT2D eigenvalue weighted by molar-refractivity contribution is 5.78. The summed E-state index contributed by atoms with van der Waals surface area (Å²) < 4.78 is 18.3. The molecule has 1 aliphatic carbocycles. The zero-order valence-corrected chi connectivity index (χ0v) is 9.00. The van der Waals surface area contributed by atoms with Crippen molar-refractivity contribution in [1.82, 2.24) is 0 Å². The first-order valence-corrected chi connectivity index (χ1v) is 5.14. The van der Waals surface area contributed by atoms with Gasteiger partial charge in [-0.05, 0) is 30.9 Å². The molecule has 1 N–H and O–H groups in total. The number of carbonyl (C=O) groups is 1. The van der Waals surface area contributed by atoms with E-state index in [0.717, 1.165) is 0 Å². The van der Waals surface area contributed by atoms with Crippen molar-refractivity contribution in [2.75, 3.05) is 7.11 Å². The number of carboxylic acid groups (broad SMARTS) is 1. The lowest BCUT2D eigenvalue weighted by Crippen LogP contribution is -2.18. The quantitative estimate of drug-likeness (QED) is 0.853. The molecule has 0 aromatic heterocycles. The third-order valence-corrected chi connectivity index (χ3v) is 3.09. The van der Waals surface area contributed by atoms with Crippen molar-refractivity contribution in [3.8, 4) is 5.75 Å². The normalized spacial score (nSPS) is 16.9. The molecular weight excluding hydrogens is 211 g/mol. The molecule has 1 saturated carbocycles. The lowest BCUT2D eigenvalue weighted by atomic mass is 9.96. The molecule has 16 heavy (non-hydrogen) atoms. The number of aliphatic carboxylic acids is 1. The molecule has 3 nitrogen and oxygen atoms in total. The molecular formula is C12H13FO3. The Morgan fingerprint density at radius 2 is 2.25 bits per heavy atom. The van der Waals surface area contributed by atoms with Gasteiger partial charge in [-0.1, -0.05) is 12.1 Å². The van der Waals surface area contributed by atoms with Gasteiger partial charge in [-0.15, -0.1) is 0 Å². The van der Waals surface area contributed by atoms with E-state index in [0.29, 0.717) is 24.8 Å². The van der Waals surface area contributed by atoms with Crippen LogP contribution in [-0.2, 0) is 11.2 Å². The summed E-state index contributed by atoms with van der Waals surface area (Å²) in [6.07, 6.45) is 1.65. The minimum Gasteiger partial charge on any atom is -0.493 e. The van der Waals surface area contributed by atoms with Crippen LogP contribution in [-0.4, -0.2) is 18.2 Å². The molecule has 0 unspecified atom stereocenters. The lowest BCUT2D eigenvalue weighted by molar-refractivity contribution is -0.143. The predicted octanol–water partition coefficient (Wildman–Crippen LogP) is 2.24. The molecule has 0 aliphatic heterocycles. The second kappa shape index (κ2) is 3.77. The second-order valence-electron chi connectivity index (χ2n) is 4.19. The van der Waals surface area contributed by atoms with Crippen LogP contribution >= 0.6 is 0 Å². The summed E-state index contributed by atoms with van der Waals surface area (Å²) in [4.78, 5) is 11.0. The van der Waals surface area contributed by atoms with Gasteiger partial charge in [0.1, 0.15) is 0 Å². The molecule has 0 heterocycles.